The van der Waals surface area contributed by atoms with Gasteiger partial charge in [-0.2, -0.15) is 0 Å². The Balaban J connectivity index is 0.00000225. The Kier molecular flexibility index (Phi) is 7.35. The largest absolute Gasteiger partial charge is 0.497 e. The first-order valence-corrected chi connectivity index (χ1v) is 8.98. The van der Waals surface area contributed by atoms with Crippen molar-refractivity contribution in [3.63, 3.8) is 0 Å². The lowest BCUT2D eigenvalue weighted by atomic mass is 9.85. The van der Waals surface area contributed by atoms with Crippen LogP contribution < -0.4 is 14.8 Å². The third-order valence-corrected chi connectivity index (χ3v) is 5.43. The molecule has 0 radical (unpaired) electrons. The zero-order valence-corrected chi connectivity index (χ0v) is 16.0. The van der Waals surface area contributed by atoms with E-state index in [1.807, 2.05) is 12.1 Å². The molecule has 142 valence electrons. The van der Waals surface area contributed by atoms with Crippen LogP contribution in [0, 0.1) is 5.92 Å². The molecule has 0 bridgehead atoms. The number of rotatable bonds is 5. The lowest BCUT2D eigenvalue weighted by Gasteiger charge is -2.39. The summed E-state index contributed by atoms with van der Waals surface area (Å²) in [5.74, 6) is 2.01. The number of ether oxygens (including phenoxy) is 2. The molecule has 4 nitrogen and oxygen atoms in total. The van der Waals surface area contributed by atoms with Gasteiger partial charge in [0.15, 0.2) is 0 Å². The molecule has 2 saturated heterocycles. The fourth-order valence-electron chi connectivity index (χ4n) is 3.89. The normalized spacial score (nSPS) is 23.6. The second kappa shape index (κ2) is 9.06. The van der Waals surface area contributed by atoms with Gasteiger partial charge in [-0.3, -0.25) is 0 Å². The fourth-order valence-corrected chi connectivity index (χ4v) is 3.89. The van der Waals surface area contributed by atoms with Crippen molar-refractivity contribution in [1.29, 1.82) is 0 Å². The van der Waals surface area contributed by atoms with Crippen molar-refractivity contribution in [2.75, 3.05) is 46.9 Å². The second-order valence-electron chi connectivity index (χ2n) is 7.08. The Morgan fingerprint density at radius 2 is 1.80 bits per heavy atom. The summed E-state index contributed by atoms with van der Waals surface area (Å²) in [6, 6.07) is 5.41. The Labute approximate surface area is 156 Å². The van der Waals surface area contributed by atoms with Crippen molar-refractivity contribution in [1.82, 2.24) is 10.2 Å². The number of likely N-dealkylation sites (tertiary alicyclic amines) is 1. The number of alkyl halides is 1. The number of halogens is 2. The summed E-state index contributed by atoms with van der Waals surface area (Å²) in [6.07, 6.45) is 3.61. The molecule has 6 heteroatoms. The first kappa shape index (κ1) is 20.3. The third-order valence-electron chi connectivity index (χ3n) is 5.43. The molecule has 0 aromatic heterocycles. The molecule has 2 aliphatic rings. The standard InChI is InChI=1S/C19H29FN2O2.ClH/c1-23-17-10-16(11-18(12-17)24-2)19(20)5-8-22(9-6-19)14-15-4-3-7-21-13-15;/h10-12,15,21H,3-9,13-14H2,1-2H3;1H. The molecule has 2 fully saturated rings. The molecule has 1 aromatic carbocycles. The number of piperidine rings is 2. The molecule has 1 atom stereocenters. The monoisotopic (exact) mass is 372 g/mol. The molecule has 3 rings (SSSR count). The molecule has 1 N–H and O–H groups in total. The molecular weight excluding hydrogens is 343 g/mol. The van der Waals surface area contributed by atoms with E-state index in [2.05, 4.69) is 10.2 Å². The number of nitrogens with zero attached hydrogens (tertiary/aromatic N) is 1. The summed E-state index contributed by atoms with van der Waals surface area (Å²) < 4.78 is 26.1. The van der Waals surface area contributed by atoms with Crippen LogP contribution in [-0.4, -0.2) is 51.8 Å². The average molecular weight is 373 g/mol. The topological polar surface area (TPSA) is 33.7 Å². The Hall–Kier alpha value is -1.04. The van der Waals surface area contributed by atoms with E-state index in [0.717, 1.165) is 32.7 Å². The highest BCUT2D eigenvalue weighted by atomic mass is 35.5. The summed E-state index contributed by atoms with van der Waals surface area (Å²) in [5, 5.41) is 3.46. The summed E-state index contributed by atoms with van der Waals surface area (Å²) >= 11 is 0. The van der Waals surface area contributed by atoms with Gasteiger partial charge in [0, 0.05) is 25.7 Å². The van der Waals surface area contributed by atoms with E-state index >= 15 is 4.39 Å². The molecule has 0 saturated carbocycles. The summed E-state index contributed by atoms with van der Waals surface area (Å²) in [4.78, 5) is 2.42. The lowest BCUT2D eigenvalue weighted by molar-refractivity contribution is 0.0466. The zero-order valence-electron chi connectivity index (χ0n) is 15.2. The van der Waals surface area contributed by atoms with Crippen LogP contribution in [0.25, 0.3) is 0 Å². The number of hydrogen-bond acceptors (Lipinski definition) is 4. The van der Waals surface area contributed by atoms with E-state index in [-0.39, 0.29) is 12.4 Å². The maximum absolute atomic E-state index is 15.5. The highest BCUT2D eigenvalue weighted by Crippen LogP contribution is 2.40. The van der Waals surface area contributed by atoms with Gasteiger partial charge >= 0.3 is 0 Å². The quantitative estimate of drug-likeness (QED) is 0.859. The van der Waals surface area contributed by atoms with Gasteiger partial charge < -0.3 is 19.7 Å². The molecule has 0 aliphatic carbocycles. The minimum atomic E-state index is -1.29. The Bertz CT molecular complexity index is 522. The highest BCUT2D eigenvalue weighted by molar-refractivity contribution is 5.85. The lowest BCUT2D eigenvalue weighted by Crippen LogP contribution is -2.44. The van der Waals surface area contributed by atoms with Gasteiger partial charge in [0.05, 0.1) is 14.2 Å². The molecule has 1 aromatic rings. The second-order valence-corrected chi connectivity index (χ2v) is 7.08. The van der Waals surface area contributed by atoms with Gasteiger partial charge in [-0.25, -0.2) is 4.39 Å². The van der Waals surface area contributed by atoms with Gasteiger partial charge in [-0.05, 0) is 62.4 Å². The van der Waals surface area contributed by atoms with Gasteiger partial charge in [0.25, 0.3) is 0 Å². The van der Waals surface area contributed by atoms with Crippen molar-refractivity contribution in [2.24, 2.45) is 5.92 Å². The molecule has 2 heterocycles. The number of nitrogens with one attached hydrogen (secondary N) is 1. The van der Waals surface area contributed by atoms with E-state index in [1.165, 1.54) is 12.8 Å². The van der Waals surface area contributed by atoms with Crippen LogP contribution in [0.5, 0.6) is 11.5 Å². The zero-order chi connectivity index (χ0) is 17.0. The maximum atomic E-state index is 15.5. The predicted molar refractivity (Wildman–Crippen MR) is 101 cm³/mol. The summed E-state index contributed by atoms with van der Waals surface area (Å²) in [7, 11) is 3.20. The molecule has 0 amide bonds. The number of methoxy groups -OCH3 is 2. The van der Waals surface area contributed by atoms with Crippen molar-refractivity contribution < 1.29 is 13.9 Å². The van der Waals surface area contributed by atoms with Crippen LogP contribution in [0.2, 0.25) is 0 Å². The molecule has 1 unspecified atom stereocenters. The van der Waals surface area contributed by atoms with Gasteiger partial charge in [-0.15, -0.1) is 12.4 Å². The highest BCUT2D eigenvalue weighted by Gasteiger charge is 2.37. The first-order chi connectivity index (χ1) is 11.6. The summed E-state index contributed by atoms with van der Waals surface area (Å²) in [6.45, 7) is 4.95. The van der Waals surface area contributed by atoms with Crippen molar-refractivity contribution in [2.45, 2.75) is 31.4 Å². The Morgan fingerprint density at radius 3 is 2.32 bits per heavy atom. The van der Waals surface area contributed by atoms with Gasteiger partial charge in [0.1, 0.15) is 17.2 Å². The van der Waals surface area contributed by atoms with Crippen molar-refractivity contribution in [3.8, 4) is 11.5 Å². The third kappa shape index (κ3) is 4.99. The van der Waals surface area contributed by atoms with Crippen molar-refractivity contribution >= 4 is 12.4 Å². The number of hydrogen-bond donors (Lipinski definition) is 1. The van der Waals surface area contributed by atoms with Crippen LogP contribution in [0.4, 0.5) is 4.39 Å². The predicted octanol–water partition coefficient (Wildman–Crippen LogP) is 3.39. The van der Waals surface area contributed by atoms with Crippen LogP contribution in [0.1, 0.15) is 31.2 Å². The maximum Gasteiger partial charge on any atom is 0.138 e. The minimum absolute atomic E-state index is 0. The van der Waals surface area contributed by atoms with Crippen LogP contribution in [-0.2, 0) is 5.67 Å². The molecular formula is C19H30ClFN2O2. The first-order valence-electron chi connectivity index (χ1n) is 8.98. The van der Waals surface area contributed by atoms with Crippen LogP contribution in [0.15, 0.2) is 18.2 Å². The molecule has 25 heavy (non-hydrogen) atoms. The Morgan fingerprint density at radius 1 is 1.16 bits per heavy atom. The van der Waals surface area contributed by atoms with Crippen LogP contribution >= 0.6 is 12.4 Å². The molecule has 2 aliphatic heterocycles. The van der Waals surface area contributed by atoms with Gasteiger partial charge in [0.2, 0.25) is 0 Å². The van der Waals surface area contributed by atoms with E-state index in [1.54, 1.807) is 20.3 Å². The molecule has 0 spiro atoms. The number of benzene rings is 1. The van der Waals surface area contributed by atoms with E-state index in [9.17, 15) is 0 Å². The van der Waals surface area contributed by atoms with E-state index < -0.39 is 5.67 Å². The fraction of sp³-hybridized carbons (Fsp3) is 0.684. The minimum Gasteiger partial charge on any atom is -0.497 e. The summed E-state index contributed by atoms with van der Waals surface area (Å²) in [5.41, 5.74) is -0.610. The van der Waals surface area contributed by atoms with Crippen molar-refractivity contribution in [3.05, 3.63) is 23.8 Å². The SMILES string of the molecule is COc1cc(OC)cc(C2(F)CCN(CC3CCCNC3)CC2)c1.Cl. The van der Waals surface area contributed by atoms with E-state index in [0.29, 0.717) is 35.8 Å². The van der Waals surface area contributed by atoms with Crippen LogP contribution in [0.3, 0.4) is 0 Å². The van der Waals surface area contributed by atoms with Gasteiger partial charge in [-0.1, -0.05) is 0 Å². The van der Waals surface area contributed by atoms with E-state index in [4.69, 9.17) is 9.47 Å². The average Bonchev–Trinajstić information content (AvgIpc) is 2.64. The smallest absolute Gasteiger partial charge is 0.138 e.